The van der Waals surface area contributed by atoms with E-state index < -0.39 is 17.3 Å². The molecule has 0 bridgehead atoms. The van der Waals surface area contributed by atoms with E-state index in [-0.39, 0.29) is 41.0 Å². The number of benzene rings is 2. The number of carbonyl (C=O) groups excluding carboxylic acids is 2. The number of nitrogens with zero attached hydrogens (tertiary/aromatic N) is 10. The average Bonchev–Trinajstić information content (AvgIpc) is 3.93. The fraction of sp³-hybridized carbons (Fsp3) is 0.528. The van der Waals surface area contributed by atoms with Crippen molar-refractivity contribution in [3.05, 3.63) is 93.7 Å². The van der Waals surface area contributed by atoms with Gasteiger partial charge >= 0.3 is 0 Å². The first-order valence-electron chi connectivity index (χ1n) is 24.7. The molecule has 0 radical (unpaired) electrons. The van der Waals surface area contributed by atoms with Crippen LogP contribution < -0.4 is 19.9 Å². The summed E-state index contributed by atoms with van der Waals surface area (Å²) < 4.78 is 39.9. The summed E-state index contributed by atoms with van der Waals surface area (Å²) in [6.07, 6.45) is 12.8. The van der Waals surface area contributed by atoms with Gasteiger partial charge in [0.05, 0.1) is 34.9 Å². The smallest absolute Gasteiger partial charge is 0.264 e. The number of hydrogen-bond donors (Lipinski definition) is 1. The summed E-state index contributed by atoms with van der Waals surface area (Å²) in [7, 11) is 1.79. The number of carbonyl (C=O) groups is 2. The van der Waals surface area contributed by atoms with Crippen LogP contribution in [0.25, 0.3) is 11.1 Å². The van der Waals surface area contributed by atoms with Gasteiger partial charge in [-0.2, -0.15) is 15.5 Å². The summed E-state index contributed by atoms with van der Waals surface area (Å²) in [5, 5.41) is 22.5. The van der Waals surface area contributed by atoms with Crippen molar-refractivity contribution in [3.8, 4) is 22.9 Å². The summed E-state index contributed by atoms with van der Waals surface area (Å²) in [5.74, 6) is 1.82. The minimum Gasteiger partial charge on any atom is -0.489 e. The molecule has 3 aliphatic carbocycles. The molecule has 11 rings (SSSR count). The largest absolute Gasteiger partial charge is 0.489 e. The molecule has 1 N–H and O–H groups in total. The summed E-state index contributed by atoms with van der Waals surface area (Å²) in [5.41, 5.74) is 5.78. The highest BCUT2D eigenvalue weighted by Crippen LogP contribution is 2.70. The Labute approximate surface area is 412 Å². The van der Waals surface area contributed by atoms with Crippen molar-refractivity contribution >= 4 is 40.9 Å². The maximum absolute atomic E-state index is 14.8. The Balaban J connectivity index is 0.723. The number of amides is 2. The third kappa shape index (κ3) is 7.69. The van der Waals surface area contributed by atoms with Crippen LogP contribution in [-0.2, 0) is 31.2 Å². The van der Waals surface area contributed by atoms with E-state index in [1.54, 1.807) is 67.7 Å². The lowest BCUT2D eigenvalue weighted by Crippen LogP contribution is -2.74. The van der Waals surface area contributed by atoms with Gasteiger partial charge in [0.25, 0.3) is 12.3 Å². The van der Waals surface area contributed by atoms with Gasteiger partial charge in [-0.1, -0.05) is 39.3 Å². The number of rotatable bonds is 9. The lowest BCUT2D eigenvalue weighted by atomic mass is 9.42. The number of anilines is 3. The molecular weight excluding hydrogens is 912 g/mol. The van der Waals surface area contributed by atoms with Crippen molar-refractivity contribution in [2.45, 2.75) is 124 Å². The van der Waals surface area contributed by atoms with Crippen LogP contribution in [0.15, 0.2) is 55.1 Å². The first-order valence-corrected chi connectivity index (χ1v) is 25.1. The van der Waals surface area contributed by atoms with E-state index >= 15 is 0 Å². The predicted molar refractivity (Wildman–Crippen MR) is 261 cm³/mol. The van der Waals surface area contributed by atoms with E-state index in [2.05, 4.69) is 68.6 Å². The summed E-state index contributed by atoms with van der Waals surface area (Å²) >= 11 is 6.28. The van der Waals surface area contributed by atoms with Crippen molar-refractivity contribution in [2.75, 3.05) is 36.0 Å². The van der Waals surface area contributed by atoms with Crippen LogP contribution in [-0.4, -0.2) is 84.6 Å². The van der Waals surface area contributed by atoms with Crippen molar-refractivity contribution in [2.24, 2.45) is 28.7 Å². The Kier molecular flexibility index (Phi) is 11.1. The predicted octanol–water partition coefficient (Wildman–Crippen LogP) is 9.54. The van der Waals surface area contributed by atoms with Crippen LogP contribution in [0.5, 0.6) is 5.75 Å². The van der Waals surface area contributed by atoms with Gasteiger partial charge in [-0.25, -0.2) is 18.7 Å². The molecule has 4 fully saturated rings. The molecule has 3 saturated carbocycles. The highest BCUT2D eigenvalue weighted by Gasteiger charge is 2.64. The van der Waals surface area contributed by atoms with E-state index in [0.29, 0.717) is 70.4 Å². The number of ether oxygens (including phenoxy) is 1. The zero-order valence-electron chi connectivity index (χ0n) is 40.7. The summed E-state index contributed by atoms with van der Waals surface area (Å²) in [6, 6.07) is 10.8. The van der Waals surface area contributed by atoms with Gasteiger partial charge in [0.15, 0.2) is 5.82 Å². The molecule has 0 unspecified atom stereocenters. The van der Waals surface area contributed by atoms with Crippen LogP contribution in [0.1, 0.15) is 130 Å². The van der Waals surface area contributed by atoms with Crippen molar-refractivity contribution < 1.29 is 23.1 Å². The van der Waals surface area contributed by atoms with Gasteiger partial charge in [0.1, 0.15) is 17.9 Å². The summed E-state index contributed by atoms with van der Waals surface area (Å²) in [4.78, 5) is 41.9. The van der Waals surface area contributed by atoms with E-state index in [4.69, 9.17) is 21.4 Å². The second kappa shape index (κ2) is 16.8. The number of alkyl halides is 2. The zero-order valence-corrected chi connectivity index (χ0v) is 41.5. The lowest BCUT2D eigenvalue weighted by Gasteiger charge is -2.65. The molecule has 14 nitrogen and oxygen atoms in total. The Morgan fingerprint density at radius 3 is 2.33 bits per heavy atom. The molecule has 3 aromatic heterocycles. The van der Waals surface area contributed by atoms with E-state index in [0.717, 1.165) is 74.2 Å². The van der Waals surface area contributed by atoms with Crippen molar-refractivity contribution in [1.82, 2.24) is 39.7 Å². The SMILES string of the molecule is CC(=O)N1CCc2c(c(N3CCCc4cc(-c5cnn(C)c5)c(C(F)F)cc43)nn2C2CC3(C2)CC2(CCN(c4ncc(C(=O)NC5C(C)(C)C(Oc6ccc(C#N)c(Cl)c6)C5(C)C)cn4)CC2)C3)C1. The van der Waals surface area contributed by atoms with E-state index in [9.17, 15) is 23.6 Å². The maximum atomic E-state index is 14.8. The first-order chi connectivity index (χ1) is 33.4. The fourth-order valence-electron chi connectivity index (χ4n) is 14.0. The molecule has 6 heterocycles. The van der Waals surface area contributed by atoms with Crippen LogP contribution in [0.3, 0.4) is 0 Å². The number of hydrogen-bond acceptors (Lipinski definition) is 10. The third-order valence-corrected chi connectivity index (χ3v) is 17.3. The van der Waals surface area contributed by atoms with Crippen LogP contribution in [0.4, 0.5) is 26.2 Å². The molecule has 0 atom stereocenters. The Morgan fingerprint density at radius 1 is 0.957 bits per heavy atom. The number of aromatic nitrogens is 6. The molecule has 1 saturated heterocycles. The molecule has 2 spiro atoms. The quantitative estimate of drug-likeness (QED) is 0.151. The molecule has 2 aromatic carbocycles. The lowest BCUT2D eigenvalue weighted by molar-refractivity contribution is -0.164. The second-order valence-corrected chi connectivity index (χ2v) is 22.8. The molecule has 2 amide bonds. The fourth-order valence-corrected chi connectivity index (χ4v) is 14.2. The van der Waals surface area contributed by atoms with Crippen LogP contribution in [0, 0.1) is 33.0 Å². The highest BCUT2D eigenvalue weighted by molar-refractivity contribution is 6.31. The molecule has 17 heteroatoms. The van der Waals surface area contributed by atoms with Gasteiger partial charge in [0, 0.05) is 116 Å². The summed E-state index contributed by atoms with van der Waals surface area (Å²) in [6.45, 7) is 13.4. The number of fused-ring (bicyclic) bond motifs is 2. The molecule has 366 valence electrons. The number of nitrogens with one attached hydrogen (secondary N) is 1. The first kappa shape index (κ1) is 46.3. The van der Waals surface area contributed by atoms with Gasteiger partial charge in [-0.3, -0.25) is 19.0 Å². The Bertz CT molecular complexity index is 2920. The van der Waals surface area contributed by atoms with Crippen molar-refractivity contribution in [3.63, 3.8) is 0 Å². The molecule has 3 aliphatic heterocycles. The normalized spacial score (nSPS) is 22.7. The van der Waals surface area contributed by atoms with E-state index in [1.165, 1.54) is 18.5 Å². The zero-order chi connectivity index (χ0) is 49.1. The van der Waals surface area contributed by atoms with Gasteiger partial charge in [0.2, 0.25) is 11.9 Å². The number of halogens is 3. The Hall–Kier alpha value is -6.08. The minimum atomic E-state index is -2.66. The second-order valence-electron chi connectivity index (χ2n) is 22.4. The maximum Gasteiger partial charge on any atom is 0.264 e. The van der Waals surface area contributed by atoms with Crippen LogP contribution in [0.2, 0.25) is 5.02 Å². The average molecular weight is 973 g/mol. The van der Waals surface area contributed by atoms with Crippen molar-refractivity contribution in [1.29, 1.82) is 5.26 Å². The third-order valence-electron chi connectivity index (χ3n) is 17.0. The molecule has 6 aliphatic rings. The van der Waals surface area contributed by atoms with E-state index in [1.807, 2.05) is 11.0 Å². The molecule has 5 aromatic rings. The van der Waals surface area contributed by atoms with Gasteiger partial charge in [-0.15, -0.1) is 0 Å². The van der Waals surface area contributed by atoms with Gasteiger partial charge in [-0.05, 0) is 97.6 Å². The number of piperidine rings is 1. The number of nitriles is 1. The van der Waals surface area contributed by atoms with Crippen LogP contribution >= 0.6 is 11.6 Å². The molecular formula is C53H60ClF2N11O3. The highest BCUT2D eigenvalue weighted by atomic mass is 35.5. The van der Waals surface area contributed by atoms with Gasteiger partial charge < -0.3 is 24.8 Å². The molecule has 70 heavy (non-hydrogen) atoms. The minimum absolute atomic E-state index is 0.0119. The Morgan fingerprint density at radius 2 is 1.69 bits per heavy atom. The standard InChI is InChI=1S/C53H60ClF2N11O3/c1-31(68)65-15-11-42-40(28-65)45(66-14-7-8-32-18-38(35-26-60-63(6)27-35)39(44(55)56)20-43(32)66)62-67(42)36-21-53(22-36)29-52(30-53)12-16-64(17-13-52)49-58-24-34(25-59-49)46(69)61-47-50(2,3)48(51(47,4)5)70-37-10-9-33(23-57)41(54)19-37/h9-10,18-20,24-27,36,44,47-48H,7-8,11-17,21-22,28-30H2,1-6H3,(H,61,69). The number of aryl methyl sites for hydroxylation is 2. The topological polar surface area (TPSA) is 150 Å². The monoisotopic (exact) mass is 971 g/mol.